The fourth-order valence-electron chi connectivity index (χ4n) is 3.88. The molecule has 0 aromatic carbocycles. The molecule has 4 heterocycles. The van der Waals surface area contributed by atoms with Gasteiger partial charge >= 0.3 is 6.09 Å². The molecule has 0 radical (unpaired) electrons. The van der Waals surface area contributed by atoms with E-state index in [1.807, 2.05) is 0 Å². The first-order valence-electron chi connectivity index (χ1n) is 12.7. The van der Waals surface area contributed by atoms with E-state index in [0.29, 0.717) is 22.8 Å². The Morgan fingerprint density at radius 2 is 1.80 bits per heavy atom. The van der Waals surface area contributed by atoms with Gasteiger partial charge in [-0.1, -0.05) is 6.07 Å². The Balaban J connectivity index is 1.68. The van der Waals surface area contributed by atoms with Gasteiger partial charge in [-0.05, 0) is 58.9 Å². The fraction of sp³-hybridized carbons (Fsp3) is 0.296. The molecule has 5 N–H and O–H groups in total. The van der Waals surface area contributed by atoms with E-state index in [2.05, 4.69) is 41.1 Å². The highest BCUT2D eigenvalue weighted by molar-refractivity contribution is 5.98. The molecule has 0 spiro atoms. The number of amides is 2. The molecular weight excluding hydrogens is 531 g/mol. The normalized spacial score (nSPS) is 12.7. The Labute approximate surface area is 235 Å². The standard InChI is InChI=1S/C27H31FN10O3/c1-15-21(38-32-10-11-33-38)12-17(14-31-15)35-24-18(23(29)39)13-19(28)25(37-24)36-22(20-8-6-7-9-30-20)16(2)34-26(40)41-27(3,4)5/h6-14,16,22H,1-5H3,(H2,29,39)(H,34,40)(H2,35,36,37)/t16-,22-/m0/s1. The zero-order valence-electron chi connectivity index (χ0n) is 23.2. The molecule has 214 valence electrons. The van der Waals surface area contributed by atoms with Gasteiger partial charge < -0.3 is 26.4 Å². The minimum atomic E-state index is -0.888. The third-order valence-corrected chi connectivity index (χ3v) is 5.74. The molecule has 0 saturated heterocycles. The summed E-state index contributed by atoms with van der Waals surface area (Å²) in [5.74, 6) is -1.95. The number of nitrogens with one attached hydrogen (secondary N) is 3. The van der Waals surface area contributed by atoms with Crippen LogP contribution in [-0.4, -0.2) is 53.6 Å². The molecule has 14 heteroatoms. The van der Waals surface area contributed by atoms with Gasteiger partial charge in [0.1, 0.15) is 17.1 Å². The molecule has 0 aliphatic carbocycles. The smallest absolute Gasteiger partial charge is 0.407 e. The predicted octanol–water partition coefficient (Wildman–Crippen LogP) is 3.81. The van der Waals surface area contributed by atoms with Crippen LogP contribution in [0.1, 0.15) is 55.5 Å². The van der Waals surface area contributed by atoms with Gasteiger partial charge in [-0.15, -0.1) is 4.80 Å². The third kappa shape index (κ3) is 7.29. The van der Waals surface area contributed by atoms with Crippen molar-refractivity contribution < 1.29 is 18.7 Å². The number of alkyl carbamates (subject to hydrolysis) is 1. The average molecular weight is 563 g/mol. The highest BCUT2D eigenvalue weighted by atomic mass is 19.1. The van der Waals surface area contributed by atoms with Crippen molar-refractivity contribution in [1.82, 2.24) is 35.3 Å². The minimum Gasteiger partial charge on any atom is -0.444 e. The zero-order chi connectivity index (χ0) is 29.7. The van der Waals surface area contributed by atoms with Crippen LogP contribution in [0.25, 0.3) is 5.69 Å². The van der Waals surface area contributed by atoms with Crippen molar-refractivity contribution >= 4 is 29.3 Å². The van der Waals surface area contributed by atoms with Crippen molar-refractivity contribution in [3.63, 3.8) is 0 Å². The Hall–Kier alpha value is -5.14. The van der Waals surface area contributed by atoms with E-state index in [4.69, 9.17) is 10.5 Å². The van der Waals surface area contributed by atoms with Gasteiger partial charge in [0, 0.05) is 6.20 Å². The van der Waals surface area contributed by atoms with Crippen LogP contribution in [-0.2, 0) is 4.74 Å². The monoisotopic (exact) mass is 562 g/mol. The molecule has 0 fully saturated rings. The number of halogens is 1. The van der Waals surface area contributed by atoms with Gasteiger partial charge in [0.25, 0.3) is 5.91 Å². The maximum absolute atomic E-state index is 15.3. The van der Waals surface area contributed by atoms with Gasteiger partial charge in [-0.2, -0.15) is 10.2 Å². The summed E-state index contributed by atoms with van der Waals surface area (Å²) in [5.41, 5.74) is 6.82. The third-order valence-electron chi connectivity index (χ3n) is 5.74. The molecule has 41 heavy (non-hydrogen) atoms. The van der Waals surface area contributed by atoms with E-state index < -0.39 is 35.5 Å². The van der Waals surface area contributed by atoms with Crippen LogP contribution in [0.4, 0.5) is 26.5 Å². The number of anilines is 3. The lowest BCUT2D eigenvalue weighted by atomic mass is 10.1. The largest absolute Gasteiger partial charge is 0.444 e. The van der Waals surface area contributed by atoms with E-state index in [-0.39, 0.29) is 17.2 Å². The molecule has 4 aromatic heterocycles. The second-order valence-corrected chi connectivity index (χ2v) is 10.2. The number of hydrogen-bond acceptors (Lipinski definition) is 10. The summed E-state index contributed by atoms with van der Waals surface area (Å²) >= 11 is 0. The van der Waals surface area contributed by atoms with Crippen LogP contribution in [0.15, 0.2) is 55.1 Å². The number of carbonyl (C=O) groups is 2. The van der Waals surface area contributed by atoms with Crippen molar-refractivity contribution in [2.45, 2.75) is 52.3 Å². The quantitative estimate of drug-likeness (QED) is 0.235. The van der Waals surface area contributed by atoms with Crippen LogP contribution in [0, 0.1) is 12.7 Å². The Morgan fingerprint density at radius 1 is 1.07 bits per heavy atom. The topological polar surface area (TPSA) is 175 Å². The number of rotatable bonds is 9. The summed E-state index contributed by atoms with van der Waals surface area (Å²) in [6, 6.07) is 6.55. The number of nitrogens with two attached hydrogens (primary N) is 1. The number of primary amides is 1. The maximum atomic E-state index is 15.3. The van der Waals surface area contributed by atoms with Crippen LogP contribution in [0.3, 0.4) is 0 Å². The second-order valence-electron chi connectivity index (χ2n) is 10.2. The summed E-state index contributed by atoms with van der Waals surface area (Å²) in [4.78, 5) is 39.2. The molecule has 0 aliphatic rings. The molecule has 0 unspecified atom stereocenters. The van der Waals surface area contributed by atoms with E-state index in [0.717, 1.165) is 6.07 Å². The predicted molar refractivity (Wildman–Crippen MR) is 149 cm³/mol. The lowest BCUT2D eigenvalue weighted by molar-refractivity contribution is 0.0503. The van der Waals surface area contributed by atoms with Crippen molar-refractivity contribution in [1.29, 1.82) is 0 Å². The number of aromatic nitrogens is 6. The molecule has 0 aliphatic heterocycles. The minimum absolute atomic E-state index is 0.0149. The van der Waals surface area contributed by atoms with Crippen molar-refractivity contribution in [3.05, 3.63) is 77.9 Å². The van der Waals surface area contributed by atoms with Crippen molar-refractivity contribution in [2.75, 3.05) is 10.6 Å². The molecule has 2 atom stereocenters. The average Bonchev–Trinajstić information content (AvgIpc) is 3.43. The summed E-state index contributed by atoms with van der Waals surface area (Å²) in [6.45, 7) is 8.75. The first kappa shape index (κ1) is 28.9. The Bertz CT molecular complexity index is 1520. The number of pyridine rings is 3. The van der Waals surface area contributed by atoms with Crippen LogP contribution < -0.4 is 21.7 Å². The summed E-state index contributed by atoms with van der Waals surface area (Å²) in [7, 11) is 0. The molecule has 0 saturated carbocycles. The fourth-order valence-corrected chi connectivity index (χ4v) is 3.88. The van der Waals surface area contributed by atoms with Crippen LogP contribution in [0.2, 0.25) is 0 Å². The first-order chi connectivity index (χ1) is 19.4. The van der Waals surface area contributed by atoms with Gasteiger partial charge in [-0.3, -0.25) is 14.8 Å². The molecule has 13 nitrogen and oxygen atoms in total. The van der Waals surface area contributed by atoms with E-state index in [1.54, 1.807) is 65.1 Å². The van der Waals surface area contributed by atoms with E-state index in [1.165, 1.54) is 23.4 Å². The summed E-state index contributed by atoms with van der Waals surface area (Å²) in [6.07, 6.45) is 5.51. The van der Waals surface area contributed by atoms with Crippen LogP contribution in [0.5, 0.6) is 0 Å². The Morgan fingerprint density at radius 3 is 2.44 bits per heavy atom. The van der Waals surface area contributed by atoms with Gasteiger partial charge in [0.2, 0.25) is 0 Å². The highest BCUT2D eigenvalue weighted by Gasteiger charge is 2.27. The Kier molecular flexibility index (Phi) is 8.40. The zero-order valence-corrected chi connectivity index (χ0v) is 23.2. The SMILES string of the molecule is Cc1ncc(Nc2nc(N[C@H](c3ccccn3)[C@H](C)NC(=O)OC(C)(C)C)c(F)cc2C(N)=O)cc1-n1nccn1. The lowest BCUT2D eigenvalue weighted by Crippen LogP contribution is -2.43. The number of nitrogens with zero attached hydrogens (tertiary/aromatic N) is 6. The van der Waals surface area contributed by atoms with Crippen LogP contribution >= 0.6 is 0 Å². The number of carbonyl (C=O) groups excluding carboxylic acids is 2. The molecule has 2 amide bonds. The second kappa shape index (κ2) is 11.9. The van der Waals surface area contributed by atoms with E-state index in [9.17, 15) is 9.59 Å². The number of hydrogen-bond donors (Lipinski definition) is 4. The summed E-state index contributed by atoms with van der Waals surface area (Å²) < 4.78 is 20.7. The van der Waals surface area contributed by atoms with Crippen molar-refractivity contribution in [3.8, 4) is 5.69 Å². The molecular formula is C27H31FN10O3. The molecule has 4 aromatic rings. The van der Waals surface area contributed by atoms with Crippen molar-refractivity contribution in [2.24, 2.45) is 5.73 Å². The van der Waals surface area contributed by atoms with Gasteiger partial charge in [0.05, 0.1) is 53.3 Å². The highest BCUT2D eigenvalue weighted by Crippen LogP contribution is 2.28. The maximum Gasteiger partial charge on any atom is 0.407 e. The van der Waals surface area contributed by atoms with E-state index >= 15 is 4.39 Å². The molecule has 0 bridgehead atoms. The molecule has 4 rings (SSSR count). The lowest BCUT2D eigenvalue weighted by Gasteiger charge is -2.28. The van der Waals surface area contributed by atoms with Gasteiger partial charge in [0.15, 0.2) is 11.6 Å². The summed E-state index contributed by atoms with van der Waals surface area (Å²) in [5, 5.41) is 17.0. The number of ether oxygens (including phenoxy) is 1. The van der Waals surface area contributed by atoms with Gasteiger partial charge in [-0.25, -0.2) is 14.2 Å². The first-order valence-corrected chi connectivity index (χ1v) is 12.7. The number of aryl methyl sites for hydroxylation is 1.